The zero-order valence-electron chi connectivity index (χ0n) is 29.6. The van der Waals surface area contributed by atoms with Crippen LogP contribution >= 0.6 is 0 Å². The summed E-state index contributed by atoms with van der Waals surface area (Å²) in [7, 11) is 0. The molecule has 248 valence electrons. The van der Waals surface area contributed by atoms with Crippen LogP contribution in [0.3, 0.4) is 0 Å². The highest BCUT2D eigenvalue weighted by molar-refractivity contribution is 5.07. The molecule has 2 saturated carbocycles. The minimum absolute atomic E-state index is 0.887. The molecule has 4 aliphatic carbocycles. The average molecular weight is 595 g/mol. The van der Waals surface area contributed by atoms with Crippen LogP contribution in [0.2, 0.25) is 0 Å². The van der Waals surface area contributed by atoms with E-state index in [1.165, 1.54) is 154 Å². The van der Waals surface area contributed by atoms with E-state index in [0.29, 0.717) is 0 Å². The van der Waals surface area contributed by atoms with Gasteiger partial charge in [0.05, 0.1) is 13.2 Å². The summed E-state index contributed by atoms with van der Waals surface area (Å²) in [5.74, 6) is 7.84. The number of ether oxygens (including phenoxy) is 1. The minimum Gasteiger partial charge on any atom is -0.381 e. The van der Waals surface area contributed by atoms with E-state index in [-0.39, 0.29) is 0 Å². The normalized spacial score (nSPS) is 30.5. The fraction of sp³-hybridized carbons (Fsp3) is 0.905. The van der Waals surface area contributed by atoms with Crippen molar-refractivity contribution in [2.45, 2.75) is 182 Å². The molecule has 1 nitrogen and oxygen atoms in total. The van der Waals surface area contributed by atoms with Crippen LogP contribution in [0, 0.1) is 47.3 Å². The van der Waals surface area contributed by atoms with Gasteiger partial charge < -0.3 is 4.74 Å². The van der Waals surface area contributed by atoms with Gasteiger partial charge in [0.15, 0.2) is 0 Å². The van der Waals surface area contributed by atoms with E-state index in [4.69, 9.17) is 4.74 Å². The van der Waals surface area contributed by atoms with Gasteiger partial charge in [-0.1, -0.05) is 141 Å². The lowest BCUT2D eigenvalue weighted by atomic mass is 9.76. The molecule has 0 N–H and O–H groups in total. The maximum atomic E-state index is 6.13. The zero-order chi connectivity index (χ0) is 30.3. The molecular weight excluding hydrogens is 520 g/mol. The molecule has 0 amide bonds. The summed E-state index contributed by atoms with van der Waals surface area (Å²) in [6, 6.07) is 0. The predicted octanol–water partition coefficient (Wildman–Crippen LogP) is 13.3. The topological polar surface area (TPSA) is 9.23 Å². The molecular formula is C42H74O. The van der Waals surface area contributed by atoms with E-state index in [1.807, 2.05) is 0 Å². The Hall–Kier alpha value is -0.560. The molecule has 4 rings (SSSR count). The van der Waals surface area contributed by atoms with Crippen molar-refractivity contribution < 1.29 is 4.74 Å². The van der Waals surface area contributed by atoms with Crippen molar-refractivity contribution in [3.63, 3.8) is 0 Å². The molecule has 4 aliphatic rings. The minimum atomic E-state index is 0.887. The van der Waals surface area contributed by atoms with Crippen molar-refractivity contribution in [2.75, 3.05) is 13.2 Å². The molecule has 2 atom stereocenters. The fourth-order valence-electron chi connectivity index (χ4n) is 9.61. The molecule has 0 radical (unpaired) electrons. The van der Waals surface area contributed by atoms with Gasteiger partial charge in [0.1, 0.15) is 0 Å². The molecule has 0 heterocycles. The molecule has 0 saturated heterocycles. The van der Waals surface area contributed by atoms with Crippen LogP contribution in [0.25, 0.3) is 0 Å². The summed E-state index contributed by atoms with van der Waals surface area (Å²) in [5, 5.41) is 0. The maximum absolute atomic E-state index is 6.13. The Morgan fingerprint density at radius 2 is 0.884 bits per heavy atom. The standard InChI is InChI=1S/C42H74O/c1-33(2)31-41-23-19-37(20-24-41)9-5-7-35-11-15-39(16-12-35)27-29-43-30-28-40-17-13-36(14-18-40)8-6-10-38-21-25-42(26-22-38)32-34(3)4/h15,17,33-38,41-42H,5-14,16,18-32H2,1-4H3. The summed E-state index contributed by atoms with van der Waals surface area (Å²) in [6.07, 6.45) is 39.7. The van der Waals surface area contributed by atoms with Gasteiger partial charge in [-0.15, -0.1) is 0 Å². The SMILES string of the molecule is CC(C)CC1CCC(CCCC2CC=C(CCOCCC3=CCC(CCCC4CCC(CC(C)C)CC4)CC3)CC2)CC1. The molecule has 0 spiro atoms. The van der Waals surface area contributed by atoms with Crippen molar-refractivity contribution in [1.29, 1.82) is 0 Å². The van der Waals surface area contributed by atoms with Crippen molar-refractivity contribution in [1.82, 2.24) is 0 Å². The first-order valence-electron chi connectivity index (χ1n) is 19.9. The Morgan fingerprint density at radius 3 is 1.23 bits per heavy atom. The maximum Gasteiger partial charge on any atom is 0.0503 e. The first-order valence-corrected chi connectivity index (χ1v) is 19.9. The number of rotatable bonds is 18. The Morgan fingerprint density at radius 1 is 0.512 bits per heavy atom. The Bertz CT molecular complexity index is 722. The van der Waals surface area contributed by atoms with E-state index >= 15 is 0 Å². The van der Waals surface area contributed by atoms with Gasteiger partial charge in [0, 0.05) is 0 Å². The van der Waals surface area contributed by atoms with E-state index in [1.54, 1.807) is 11.1 Å². The van der Waals surface area contributed by atoms with Crippen LogP contribution in [-0.2, 0) is 4.74 Å². The van der Waals surface area contributed by atoms with Crippen LogP contribution in [0.15, 0.2) is 23.3 Å². The summed E-state index contributed by atoms with van der Waals surface area (Å²) in [6.45, 7) is 11.5. The molecule has 0 bridgehead atoms. The lowest BCUT2D eigenvalue weighted by Gasteiger charge is -2.30. The third-order valence-corrected chi connectivity index (χ3v) is 12.4. The highest BCUT2D eigenvalue weighted by atomic mass is 16.5. The van der Waals surface area contributed by atoms with E-state index in [2.05, 4.69) is 39.8 Å². The molecule has 1 heteroatoms. The van der Waals surface area contributed by atoms with Crippen molar-refractivity contribution >= 4 is 0 Å². The summed E-state index contributed by atoms with van der Waals surface area (Å²) in [4.78, 5) is 0. The zero-order valence-corrected chi connectivity index (χ0v) is 29.6. The Balaban J connectivity index is 0.956. The van der Waals surface area contributed by atoms with Gasteiger partial charge in [-0.05, 0) is 112 Å². The van der Waals surface area contributed by atoms with E-state index in [9.17, 15) is 0 Å². The first kappa shape index (κ1) is 35.3. The number of allylic oxidation sites excluding steroid dienone is 2. The highest BCUT2D eigenvalue weighted by Gasteiger charge is 2.24. The Labute approximate surface area is 269 Å². The lowest BCUT2D eigenvalue weighted by Crippen LogP contribution is -2.16. The van der Waals surface area contributed by atoms with E-state index < -0.39 is 0 Å². The Kier molecular flexibility index (Phi) is 16.3. The van der Waals surface area contributed by atoms with Gasteiger partial charge in [-0.3, -0.25) is 0 Å². The molecule has 43 heavy (non-hydrogen) atoms. The second-order valence-electron chi connectivity index (χ2n) is 17.0. The number of hydrogen-bond donors (Lipinski definition) is 0. The van der Waals surface area contributed by atoms with Gasteiger partial charge in [-0.2, -0.15) is 0 Å². The average Bonchev–Trinajstić information content (AvgIpc) is 3.00. The summed E-state index contributed by atoms with van der Waals surface area (Å²) >= 11 is 0. The van der Waals surface area contributed by atoms with Crippen LogP contribution in [0.5, 0.6) is 0 Å². The highest BCUT2D eigenvalue weighted by Crippen LogP contribution is 2.38. The summed E-state index contributed by atoms with van der Waals surface area (Å²) < 4.78 is 6.13. The van der Waals surface area contributed by atoms with Crippen LogP contribution in [-0.4, -0.2) is 13.2 Å². The predicted molar refractivity (Wildman–Crippen MR) is 188 cm³/mol. The molecule has 2 fully saturated rings. The second kappa shape index (κ2) is 19.8. The molecule has 0 aromatic heterocycles. The molecule has 0 aromatic rings. The second-order valence-corrected chi connectivity index (χ2v) is 17.0. The van der Waals surface area contributed by atoms with Gasteiger partial charge in [0.25, 0.3) is 0 Å². The monoisotopic (exact) mass is 595 g/mol. The van der Waals surface area contributed by atoms with Crippen LogP contribution < -0.4 is 0 Å². The van der Waals surface area contributed by atoms with Crippen molar-refractivity contribution in [3.05, 3.63) is 23.3 Å². The first-order chi connectivity index (χ1) is 20.9. The van der Waals surface area contributed by atoms with Gasteiger partial charge >= 0.3 is 0 Å². The summed E-state index contributed by atoms with van der Waals surface area (Å²) in [5.41, 5.74) is 3.37. The lowest BCUT2D eigenvalue weighted by molar-refractivity contribution is 0.138. The molecule has 2 unspecified atom stereocenters. The third-order valence-electron chi connectivity index (χ3n) is 12.4. The largest absolute Gasteiger partial charge is 0.381 e. The van der Waals surface area contributed by atoms with Crippen LogP contribution in [0.1, 0.15) is 182 Å². The number of hydrogen-bond acceptors (Lipinski definition) is 1. The van der Waals surface area contributed by atoms with Crippen molar-refractivity contribution in [2.24, 2.45) is 47.3 Å². The smallest absolute Gasteiger partial charge is 0.0503 e. The third kappa shape index (κ3) is 14.2. The van der Waals surface area contributed by atoms with Gasteiger partial charge in [-0.25, -0.2) is 0 Å². The molecule has 0 aromatic carbocycles. The van der Waals surface area contributed by atoms with E-state index in [0.717, 1.165) is 60.6 Å². The van der Waals surface area contributed by atoms with Crippen molar-refractivity contribution in [3.8, 4) is 0 Å². The fourth-order valence-corrected chi connectivity index (χ4v) is 9.61. The quantitative estimate of drug-likeness (QED) is 0.113. The van der Waals surface area contributed by atoms with Crippen LogP contribution in [0.4, 0.5) is 0 Å². The van der Waals surface area contributed by atoms with Gasteiger partial charge in [0.2, 0.25) is 0 Å². The molecule has 0 aliphatic heterocycles.